The summed E-state index contributed by atoms with van der Waals surface area (Å²) in [5.41, 5.74) is 3.22. The van der Waals surface area contributed by atoms with Crippen molar-refractivity contribution in [3.63, 3.8) is 0 Å². The van der Waals surface area contributed by atoms with Crippen LogP contribution in [0.5, 0.6) is 0 Å². The summed E-state index contributed by atoms with van der Waals surface area (Å²) in [6.45, 7) is 0. The summed E-state index contributed by atoms with van der Waals surface area (Å²) in [4.78, 5) is 9.83. The van der Waals surface area contributed by atoms with Crippen LogP contribution in [0.3, 0.4) is 0 Å². The van der Waals surface area contributed by atoms with Crippen LogP contribution in [0.25, 0.3) is 0 Å². The van der Waals surface area contributed by atoms with E-state index in [9.17, 15) is 18.9 Å². The third-order valence-corrected chi connectivity index (χ3v) is 3.00. The van der Waals surface area contributed by atoms with E-state index in [1.165, 1.54) is 6.07 Å². The first kappa shape index (κ1) is 11.2. The largest absolute Gasteiger partial charge is 0.316 e. The van der Waals surface area contributed by atoms with Crippen molar-refractivity contribution >= 4 is 17.3 Å². The molecular weight excluding hydrogens is 242 g/mol. The molecule has 1 atom stereocenters. The van der Waals surface area contributed by atoms with Crippen molar-refractivity contribution in [2.45, 2.75) is 17.9 Å². The van der Waals surface area contributed by atoms with Crippen molar-refractivity contribution in [2.24, 2.45) is 5.73 Å². The predicted octanol–water partition coefficient (Wildman–Crippen LogP) is 2.44. The van der Waals surface area contributed by atoms with Crippen LogP contribution in [0.1, 0.15) is 12.0 Å². The zero-order valence-electron chi connectivity index (χ0n) is 7.91. The average Bonchev–Trinajstić information content (AvgIpc) is 2.67. The van der Waals surface area contributed by atoms with E-state index < -0.39 is 22.8 Å². The number of rotatable bonds is 2. The molecule has 2 N–H and O–H groups in total. The molecule has 0 radical (unpaired) electrons. The molecule has 1 fully saturated rings. The van der Waals surface area contributed by atoms with Crippen LogP contribution < -0.4 is 5.73 Å². The summed E-state index contributed by atoms with van der Waals surface area (Å²) in [6.07, 6.45) is -0.541. The lowest BCUT2D eigenvalue weighted by Gasteiger charge is -2.12. The minimum Gasteiger partial charge on any atom is -0.316 e. The minimum absolute atomic E-state index is 0.0188. The van der Waals surface area contributed by atoms with Gasteiger partial charge in [0.2, 0.25) is 0 Å². The van der Waals surface area contributed by atoms with E-state index in [4.69, 9.17) is 17.3 Å². The molecule has 1 aliphatic carbocycles. The highest BCUT2D eigenvalue weighted by Gasteiger charge is 2.70. The van der Waals surface area contributed by atoms with Gasteiger partial charge in [-0.25, -0.2) is 8.78 Å². The third-order valence-electron chi connectivity index (χ3n) is 2.67. The molecule has 1 aromatic carbocycles. The Labute approximate surface area is 94.1 Å². The Morgan fingerprint density at radius 1 is 1.50 bits per heavy atom. The second kappa shape index (κ2) is 3.11. The summed E-state index contributed by atoms with van der Waals surface area (Å²) < 4.78 is 26.1. The van der Waals surface area contributed by atoms with Crippen LogP contribution in [0.2, 0.25) is 5.02 Å². The fourth-order valence-electron chi connectivity index (χ4n) is 1.57. The van der Waals surface area contributed by atoms with Crippen LogP contribution in [0.15, 0.2) is 18.2 Å². The van der Waals surface area contributed by atoms with Crippen molar-refractivity contribution in [1.82, 2.24) is 0 Å². The highest BCUT2D eigenvalue weighted by atomic mass is 35.5. The lowest BCUT2D eigenvalue weighted by molar-refractivity contribution is -0.384. The molecule has 0 amide bonds. The van der Waals surface area contributed by atoms with Crippen molar-refractivity contribution in [3.8, 4) is 0 Å². The number of hydrogen-bond donors (Lipinski definition) is 1. The van der Waals surface area contributed by atoms with Gasteiger partial charge in [0.15, 0.2) is 0 Å². The molecule has 1 saturated carbocycles. The van der Waals surface area contributed by atoms with Crippen LogP contribution in [0, 0.1) is 10.1 Å². The summed E-state index contributed by atoms with van der Waals surface area (Å²) in [7, 11) is 0. The van der Waals surface area contributed by atoms with Gasteiger partial charge in [0.05, 0.1) is 4.92 Å². The number of alkyl halides is 2. The Morgan fingerprint density at radius 2 is 2.06 bits per heavy atom. The lowest BCUT2D eigenvalue weighted by atomic mass is 10.0. The summed E-state index contributed by atoms with van der Waals surface area (Å²) in [5.74, 6) is -3.05. The van der Waals surface area contributed by atoms with E-state index in [1.54, 1.807) is 0 Å². The first-order chi connectivity index (χ1) is 7.28. The number of non-ortho nitro benzene ring substituents is 1. The second-order valence-electron chi connectivity index (χ2n) is 3.77. The average molecular weight is 249 g/mol. The first-order valence-electron chi connectivity index (χ1n) is 4.39. The molecule has 1 aliphatic rings. The van der Waals surface area contributed by atoms with Crippen molar-refractivity contribution in [2.75, 3.05) is 0 Å². The van der Waals surface area contributed by atoms with Gasteiger partial charge in [-0.3, -0.25) is 10.1 Å². The number of hydrogen-bond acceptors (Lipinski definition) is 3. The molecule has 0 heterocycles. The van der Waals surface area contributed by atoms with E-state index in [1.807, 2.05) is 0 Å². The molecule has 0 aliphatic heterocycles. The Morgan fingerprint density at radius 3 is 2.50 bits per heavy atom. The van der Waals surface area contributed by atoms with Gasteiger partial charge in [-0.1, -0.05) is 11.6 Å². The van der Waals surface area contributed by atoms with Gasteiger partial charge >= 0.3 is 0 Å². The second-order valence-corrected chi connectivity index (χ2v) is 4.18. The van der Waals surface area contributed by atoms with E-state index in [2.05, 4.69) is 0 Å². The number of halogens is 3. The van der Waals surface area contributed by atoms with Gasteiger partial charge < -0.3 is 5.73 Å². The molecule has 86 valence electrons. The van der Waals surface area contributed by atoms with E-state index in [0.29, 0.717) is 0 Å². The Kier molecular flexibility index (Phi) is 2.18. The van der Waals surface area contributed by atoms with E-state index >= 15 is 0 Å². The monoisotopic (exact) mass is 248 g/mol. The topological polar surface area (TPSA) is 69.2 Å². The Bertz CT molecular complexity index is 481. The first-order valence-corrected chi connectivity index (χ1v) is 4.77. The molecule has 0 bridgehead atoms. The molecule has 1 unspecified atom stereocenters. The summed E-state index contributed by atoms with van der Waals surface area (Å²) >= 11 is 5.72. The van der Waals surface area contributed by atoms with Gasteiger partial charge in [0.25, 0.3) is 11.6 Å². The molecule has 0 aromatic heterocycles. The SMILES string of the molecule is NC1(c2cc([N+](=O)[O-])ccc2Cl)CC1(F)F. The smallest absolute Gasteiger partial charge is 0.272 e. The van der Waals surface area contributed by atoms with Crippen LogP contribution in [-0.2, 0) is 5.54 Å². The maximum atomic E-state index is 13.0. The standard InChI is InChI=1S/C9H7ClF2N2O2/c10-7-2-1-5(14(15)16)3-6(7)8(13)4-9(8,11)12/h1-3H,4,13H2. The van der Waals surface area contributed by atoms with Crippen LogP contribution in [0.4, 0.5) is 14.5 Å². The minimum atomic E-state index is -3.05. The Hall–Kier alpha value is -1.27. The van der Waals surface area contributed by atoms with E-state index in [-0.39, 0.29) is 16.3 Å². The molecule has 1 aromatic rings. The van der Waals surface area contributed by atoms with Crippen molar-refractivity contribution in [1.29, 1.82) is 0 Å². The molecule has 2 rings (SSSR count). The third kappa shape index (κ3) is 1.45. The van der Waals surface area contributed by atoms with Crippen LogP contribution >= 0.6 is 11.6 Å². The summed E-state index contributed by atoms with van der Waals surface area (Å²) in [5, 5.41) is 10.5. The zero-order valence-corrected chi connectivity index (χ0v) is 8.67. The zero-order chi connectivity index (χ0) is 12.1. The Balaban J connectivity index is 2.50. The molecule has 7 heteroatoms. The van der Waals surface area contributed by atoms with Crippen molar-refractivity contribution < 1.29 is 13.7 Å². The predicted molar refractivity (Wildman–Crippen MR) is 53.5 cm³/mol. The maximum absolute atomic E-state index is 13.0. The molecule has 4 nitrogen and oxygen atoms in total. The normalized spacial score (nSPS) is 26.5. The van der Waals surface area contributed by atoms with Crippen molar-refractivity contribution in [3.05, 3.63) is 38.9 Å². The van der Waals surface area contributed by atoms with Gasteiger partial charge in [-0.15, -0.1) is 0 Å². The lowest BCUT2D eigenvalue weighted by Crippen LogP contribution is -2.27. The fourth-order valence-corrected chi connectivity index (χ4v) is 1.85. The van der Waals surface area contributed by atoms with Gasteiger partial charge in [0.1, 0.15) is 5.54 Å². The van der Waals surface area contributed by atoms with Gasteiger partial charge in [-0.05, 0) is 6.07 Å². The van der Waals surface area contributed by atoms with Gasteiger partial charge in [-0.2, -0.15) is 0 Å². The highest BCUT2D eigenvalue weighted by molar-refractivity contribution is 6.31. The van der Waals surface area contributed by atoms with E-state index in [0.717, 1.165) is 12.1 Å². The van der Waals surface area contributed by atoms with Gasteiger partial charge in [0, 0.05) is 29.1 Å². The molecule has 0 saturated heterocycles. The number of nitrogens with zero attached hydrogens (tertiary/aromatic N) is 1. The number of benzene rings is 1. The number of nitro groups is 1. The number of nitro benzene ring substituents is 1. The molecular formula is C9H7ClF2N2O2. The maximum Gasteiger partial charge on any atom is 0.272 e. The molecule has 0 spiro atoms. The van der Waals surface area contributed by atoms with Crippen LogP contribution in [-0.4, -0.2) is 10.8 Å². The number of nitrogens with two attached hydrogens (primary N) is 1. The molecule has 16 heavy (non-hydrogen) atoms. The fraction of sp³-hybridized carbons (Fsp3) is 0.333. The highest BCUT2D eigenvalue weighted by Crippen LogP contribution is 2.59. The quantitative estimate of drug-likeness (QED) is 0.646. The summed E-state index contributed by atoms with van der Waals surface area (Å²) in [6, 6.07) is 3.36.